The van der Waals surface area contributed by atoms with Gasteiger partial charge in [-0.05, 0) is 50.0 Å². The molecular formula is C23H34O4. The fourth-order valence-electron chi connectivity index (χ4n) is 4.15. The van der Waals surface area contributed by atoms with Crippen LogP contribution in [-0.2, 0) is 9.59 Å². The van der Waals surface area contributed by atoms with Gasteiger partial charge in [0, 0.05) is 18.3 Å². The number of hydrogen-bond acceptors (Lipinski definition) is 3. The summed E-state index contributed by atoms with van der Waals surface area (Å²) >= 11 is 0. The Balaban J connectivity index is 1.85. The van der Waals surface area contributed by atoms with E-state index in [0.717, 1.165) is 38.5 Å². The minimum absolute atomic E-state index is 0.0409. The number of carbonyl (C=O) groups excluding carboxylic acids is 1. The Hall–Kier alpha value is -1.68. The number of carboxylic acids is 1. The number of rotatable bonds is 12. The molecule has 0 aromatic rings. The molecular weight excluding hydrogens is 340 g/mol. The minimum atomic E-state index is -0.773. The molecule has 27 heavy (non-hydrogen) atoms. The van der Waals surface area contributed by atoms with Crippen LogP contribution in [0.3, 0.4) is 0 Å². The Labute approximate surface area is 163 Å². The predicted octanol–water partition coefficient (Wildman–Crippen LogP) is 4.84. The zero-order chi connectivity index (χ0) is 19.7. The van der Waals surface area contributed by atoms with Gasteiger partial charge < -0.3 is 10.2 Å². The molecule has 0 aliphatic heterocycles. The number of carboxylic acid groups (broad SMARTS) is 1. The van der Waals surface area contributed by atoms with Crippen LogP contribution in [0.5, 0.6) is 0 Å². The minimum Gasteiger partial charge on any atom is -0.481 e. The van der Waals surface area contributed by atoms with Gasteiger partial charge >= 0.3 is 5.97 Å². The van der Waals surface area contributed by atoms with E-state index in [4.69, 9.17) is 5.11 Å². The molecule has 0 saturated heterocycles. The van der Waals surface area contributed by atoms with E-state index in [1.165, 1.54) is 6.42 Å². The second kappa shape index (κ2) is 10.6. The number of carbonyl (C=O) groups is 2. The van der Waals surface area contributed by atoms with Gasteiger partial charge in [0.2, 0.25) is 0 Å². The molecule has 2 N–H and O–H groups in total. The highest BCUT2D eigenvalue weighted by atomic mass is 16.4. The Bertz CT molecular complexity index is 583. The summed E-state index contributed by atoms with van der Waals surface area (Å²) < 4.78 is 0. The molecule has 0 aromatic carbocycles. The molecule has 0 spiro atoms. The fraction of sp³-hybridized carbons (Fsp3) is 0.652. The largest absolute Gasteiger partial charge is 0.481 e. The maximum Gasteiger partial charge on any atom is 0.303 e. The van der Waals surface area contributed by atoms with Crippen molar-refractivity contribution in [3.8, 4) is 0 Å². The van der Waals surface area contributed by atoms with Crippen LogP contribution >= 0.6 is 0 Å². The van der Waals surface area contributed by atoms with E-state index in [1.807, 2.05) is 30.4 Å². The van der Waals surface area contributed by atoms with Crippen LogP contribution in [-0.4, -0.2) is 28.1 Å². The molecule has 3 atom stereocenters. The van der Waals surface area contributed by atoms with E-state index in [9.17, 15) is 14.7 Å². The average molecular weight is 375 g/mol. The molecule has 1 saturated carbocycles. The first kappa shape index (κ1) is 21.6. The lowest BCUT2D eigenvalue weighted by atomic mass is 9.62. The molecule has 2 aliphatic carbocycles. The molecule has 1 fully saturated rings. The molecule has 0 bridgehead atoms. The maximum absolute atomic E-state index is 12.1. The first-order valence-corrected chi connectivity index (χ1v) is 10.4. The zero-order valence-corrected chi connectivity index (χ0v) is 16.5. The van der Waals surface area contributed by atoms with E-state index < -0.39 is 12.1 Å². The van der Waals surface area contributed by atoms with Crippen molar-refractivity contribution in [2.24, 2.45) is 17.3 Å². The van der Waals surface area contributed by atoms with Gasteiger partial charge in [0.05, 0.1) is 6.10 Å². The number of hydrogen-bond donors (Lipinski definition) is 2. The third-order valence-corrected chi connectivity index (χ3v) is 6.15. The second-order valence-electron chi connectivity index (χ2n) is 8.09. The third-order valence-electron chi connectivity index (χ3n) is 6.15. The van der Waals surface area contributed by atoms with Crippen molar-refractivity contribution >= 4 is 11.8 Å². The Morgan fingerprint density at radius 2 is 2.11 bits per heavy atom. The molecule has 1 unspecified atom stereocenters. The van der Waals surface area contributed by atoms with E-state index in [2.05, 4.69) is 6.92 Å². The predicted molar refractivity (Wildman–Crippen MR) is 107 cm³/mol. The van der Waals surface area contributed by atoms with Crippen molar-refractivity contribution in [1.29, 1.82) is 0 Å². The zero-order valence-electron chi connectivity index (χ0n) is 16.5. The summed E-state index contributed by atoms with van der Waals surface area (Å²) in [5, 5.41) is 19.4. The van der Waals surface area contributed by atoms with Crippen molar-refractivity contribution in [1.82, 2.24) is 0 Å². The van der Waals surface area contributed by atoms with Gasteiger partial charge in [-0.15, -0.1) is 0 Å². The third kappa shape index (κ3) is 6.17. The SMILES string of the molecule is CCCCC1(C(O)C=C[C@H]2C=CC(=O)[C@@H]2C/C=C\CCCC(=O)O)CCC1. The average Bonchev–Trinajstić information content (AvgIpc) is 2.95. The molecule has 0 heterocycles. The van der Waals surface area contributed by atoms with Gasteiger partial charge in [-0.1, -0.05) is 56.6 Å². The van der Waals surface area contributed by atoms with Crippen molar-refractivity contribution in [3.05, 3.63) is 36.5 Å². The van der Waals surface area contributed by atoms with Crippen LogP contribution < -0.4 is 0 Å². The Morgan fingerprint density at radius 3 is 2.74 bits per heavy atom. The topological polar surface area (TPSA) is 74.6 Å². The monoisotopic (exact) mass is 374 g/mol. The number of aliphatic carboxylic acids is 1. The molecule has 2 rings (SSSR count). The highest BCUT2D eigenvalue weighted by molar-refractivity contribution is 5.95. The van der Waals surface area contributed by atoms with Gasteiger partial charge in [-0.3, -0.25) is 9.59 Å². The fourth-order valence-corrected chi connectivity index (χ4v) is 4.15. The van der Waals surface area contributed by atoms with Gasteiger partial charge in [0.1, 0.15) is 0 Å². The molecule has 0 amide bonds. The molecule has 4 nitrogen and oxygen atoms in total. The van der Waals surface area contributed by atoms with E-state index in [1.54, 1.807) is 6.08 Å². The number of allylic oxidation sites excluding steroid dienone is 5. The Morgan fingerprint density at radius 1 is 1.33 bits per heavy atom. The summed E-state index contributed by atoms with van der Waals surface area (Å²) in [5.74, 6) is -0.694. The lowest BCUT2D eigenvalue weighted by Crippen LogP contribution is -2.40. The normalized spacial score (nSPS) is 25.3. The summed E-state index contributed by atoms with van der Waals surface area (Å²) in [6.07, 6.45) is 20.0. The summed E-state index contributed by atoms with van der Waals surface area (Å²) in [7, 11) is 0. The highest BCUT2D eigenvalue weighted by Crippen LogP contribution is 2.48. The summed E-state index contributed by atoms with van der Waals surface area (Å²) in [4.78, 5) is 22.7. The number of unbranched alkanes of at least 4 members (excludes halogenated alkanes) is 2. The van der Waals surface area contributed by atoms with E-state index >= 15 is 0 Å². The van der Waals surface area contributed by atoms with Crippen LogP contribution in [0.2, 0.25) is 0 Å². The summed E-state index contributed by atoms with van der Waals surface area (Å²) in [6, 6.07) is 0. The van der Waals surface area contributed by atoms with Gasteiger partial charge in [0.15, 0.2) is 5.78 Å². The first-order valence-electron chi connectivity index (χ1n) is 10.4. The van der Waals surface area contributed by atoms with Crippen molar-refractivity contribution < 1.29 is 19.8 Å². The number of ketones is 1. The van der Waals surface area contributed by atoms with Crippen LogP contribution in [0.4, 0.5) is 0 Å². The van der Waals surface area contributed by atoms with Crippen LogP contribution in [0.1, 0.15) is 71.1 Å². The van der Waals surface area contributed by atoms with Crippen LogP contribution in [0.15, 0.2) is 36.5 Å². The van der Waals surface area contributed by atoms with Gasteiger partial charge in [-0.2, -0.15) is 0 Å². The molecule has 4 heteroatoms. The van der Waals surface area contributed by atoms with E-state index in [0.29, 0.717) is 12.8 Å². The lowest BCUT2D eigenvalue weighted by molar-refractivity contribution is -0.137. The molecule has 2 aliphatic rings. The highest BCUT2D eigenvalue weighted by Gasteiger charge is 2.41. The second-order valence-corrected chi connectivity index (χ2v) is 8.09. The van der Waals surface area contributed by atoms with Crippen LogP contribution in [0, 0.1) is 17.3 Å². The first-order chi connectivity index (χ1) is 13.0. The van der Waals surface area contributed by atoms with Crippen LogP contribution in [0.25, 0.3) is 0 Å². The maximum atomic E-state index is 12.1. The van der Waals surface area contributed by atoms with Gasteiger partial charge in [0.25, 0.3) is 0 Å². The number of aliphatic hydroxyl groups is 1. The standard InChI is InChI=1S/C23H34O4/c1-2-3-15-23(16-8-17-23)21(25)14-12-18-11-13-20(24)19(18)9-6-4-5-7-10-22(26)27/h4,6,11-14,18-19,21,25H,2-3,5,7-10,15-17H2,1H3,(H,26,27)/b6-4-,14-12?/t18-,19-,21?/m1/s1. The molecule has 0 radical (unpaired) electrons. The van der Waals surface area contributed by atoms with Crippen molar-refractivity contribution in [2.45, 2.75) is 77.2 Å². The summed E-state index contributed by atoms with van der Waals surface area (Å²) in [5.41, 5.74) is 0.0539. The van der Waals surface area contributed by atoms with Gasteiger partial charge in [-0.25, -0.2) is 0 Å². The Kier molecular flexibility index (Phi) is 8.49. The van der Waals surface area contributed by atoms with E-state index in [-0.39, 0.29) is 29.5 Å². The lowest BCUT2D eigenvalue weighted by Gasteiger charge is -2.45. The molecule has 0 aromatic heterocycles. The molecule has 150 valence electrons. The van der Waals surface area contributed by atoms with Crippen molar-refractivity contribution in [3.63, 3.8) is 0 Å². The number of aliphatic hydroxyl groups excluding tert-OH is 1. The van der Waals surface area contributed by atoms with Crippen molar-refractivity contribution in [2.75, 3.05) is 0 Å². The quantitative estimate of drug-likeness (QED) is 0.379. The smallest absolute Gasteiger partial charge is 0.303 e. The summed E-state index contributed by atoms with van der Waals surface area (Å²) in [6.45, 7) is 2.18.